The number of carbonyl (C=O) groups is 1. The van der Waals surface area contributed by atoms with Gasteiger partial charge < -0.3 is 26.5 Å². The smallest absolute Gasteiger partial charge is 0.270 e. The lowest BCUT2D eigenvalue weighted by molar-refractivity contribution is 0.0911. The molecular weight excluding hydrogens is 423 g/mol. The van der Waals surface area contributed by atoms with Crippen molar-refractivity contribution < 1.29 is 14.3 Å². The molecule has 160 valence electrons. The Morgan fingerprint density at radius 1 is 1.32 bits per heavy atom. The number of hydrogen-bond donors (Lipinski definition) is 5. The molecule has 3 aromatic rings. The van der Waals surface area contributed by atoms with Crippen LogP contribution in [0.25, 0.3) is 10.9 Å². The van der Waals surface area contributed by atoms with Crippen LogP contribution in [0.1, 0.15) is 22.1 Å². The highest BCUT2D eigenvalue weighted by atomic mass is 35.5. The summed E-state index contributed by atoms with van der Waals surface area (Å²) in [6, 6.07) is 8.15. The summed E-state index contributed by atoms with van der Waals surface area (Å²) in [4.78, 5) is 21.4. The highest BCUT2D eigenvalue weighted by Gasteiger charge is 2.17. The van der Waals surface area contributed by atoms with E-state index < -0.39 is 24.4 Å². The van der Waals surface area contributed by atoms with E-state index in [0.717, 1.165) is 11.6 Å². The Hall–Kier alpha value is -3.56. The maximum Gasteiger partial charge on any atom is 0.270 e. The molecule has 31 heavy (non-hydrogen) atoms. The molecule has 0 bridgehead atoms. The Balaban J connectivity index is 1.83. The number of aliphatic hydroxyl groups excluding tert-OH is 1. The van der Waals surface area contributed by atoms with Gasteiger partial charge in [-0.2, -0.15) is 0 Å². The van der Waals surface area contributed by atoms with Crippen molar-refractivity contribution in [3.63, 3.8) is 0 Å². The number of rotatable bonds is 8. The molecule has 8 nitrogen and oxygen atoms in total. The second-order valence-electron chi connectivity index (χ2n) is 6.46. The third kappa shape index (κ3) is 5.33. The van der Waals surface area contributed by atoms with Gasteiger partial charge in [-0.25, -0.2) is 14.4 Å². The van der Waals surface area contributed by atoms with E-state index in [9.17, 15) is 14.3 Å². The highest BCUT2D eigenvalue weighted by molar-refractivity contribution is 6.30. The molecule has 1 atom stereocenters. The Morgan fingerprint density at radius 2 is 2.13 bits per heavy atom. The SMILES string of the molecule is CN/C(=C\C=N)Nc1cc2nc(C(=O)N[C@H](CO)c3ccc(Cl)c(F)c3)ccc2cn1. The van der Waals surface area contributed by atoms with Crippen LogP contribution in [0.5, 0.6) is 0 Å². The normalized spacial score (nSPS) is 12.3. The van der Waals surface area contributed by atoms with Crippen molar-refractivity contribution in [1.29, 1.82) is 5.41 Å². The largest absolute Gasteiger partial charge is 0.394 e. The molecule has 0 unspecified atom stereocenters. The van der Waals surface area contributed by atoms with Crippen molar-refractivity contribution in [2.24, 2.45) is 0 Å². The number of aliphatic hydroxyl groups is 1. The maximum atomic E-state index is 13.7. The van der Waals surface area contributed by atoms with E-state index in [0.29, 0.717) is 22.7 Å². The fourth-order valence-corrected chi connectivity index (χ4v) is 2.93. The number of nitrogens with one attached hydrogen (secondary N) is 4. The van der Waals surface area contributed by atoms with E-state index in [1.165, 1.54) is 30.3 Å². The molecule has 1 amide bonds. The van der Waals surface area contributed by atoms with Gasteiger partial charge in [0.2, 0.25) is 0 Å². The first-order chi connectivity index (χ1) is 14.9. The molecule has 0 saturated heterocycles. The van der Waals surface area contributed by atoms with Crippen molar-refractivity contribution in [3.8, 4) is 0 Å². The molecule has 2 aromatic heterocycles. The maximum absolute atomic E-state index is 13.7. The zero-order chi connectivity index (χ0) is 22.4. The van der Waals surface area contributed by atoms with Crippen LogP contribution in [0, 0.1) is 11.2 Å². The Morgan fingerprint density at radius 3 is 2.81 bits per heavy atom. The number of fused-ring (bicyclic) bond motifs is 1. The fraction of sp³-hybridized carbons (Fsp3) is 0.143. The van der Waals surface area contributed by atoms with E-state index in [4.69, 9.17) is 17.0 Å². The van der Waals surface area contributed by atoms with Crippen LogP contribution in [0.2, 0.25) is 5.02 Å². The molecule has 0 aliphatic heterocycles. The van der Waals surface area contributed by atoms with Crippen molar-refractivity contribution in [2.75, 3.05) is 19.0 Å². The van der Waals surface area contributed by atoms with Crippen molar-refractivity contribution >= 4 is 40.4 Å². The second kappa shape index (κ2) is 9.96. The van der Waals surface area contributed by atoms with Crippen molar-refractivity contribution in [3.05, 3.63) is 76.6 Å². The number of benzene rings is 1. The number of halogens is 2. The van der Waals surface area contributed by atoms with Crippen LogP contribution in [0.15, 0.2) is 54.5 Å². The number of pyridine rings is 2. The third-order valence-electron chi connectivity index (χ3n) is 4.42. The predicted molar refractivity (Wildman–Crippen MR) is 118 cm³/mol. The standard InChI is InChI=1S/C21H20ClFN6O2/c1-25-19(6-7-24)29-20-9-17-13(10-26-20)3-5-16(27-17)21(31)28-18(11-30)12-2-4-14(22)15(23)8-12/h2-10,18,24-25,30H,11H2,1H3,(H,26,29)(H,28,31)/b19-6+,24-7?/t18-/m1/s1. The monoisotopic (exact) mass is 442 g/mol. The van der Waals surface area contributed by atoms with Crippen LogP contribution in [0.4, 0.5) is 10.2 Å². The number of hydrogen-bond acceptors (Lipinski definition) is 7. The van der Waals surface area contributed by atoms with E-state index in [-0.39, 0.29) is 10.7 Å². The van der Waals surface area contributed by atoms with Crippen LogP contribution >= 0.6 is 11.6 Å². The molecule has 0 fully saturated rings. The van der Waals surface area contributed by atoms with Gasteiger partial charge in [0.05, 0.1) is 23.2 Å². The van der Waals surface area contributed by atoms with Gasteiger partial charge >= 0.3 is 0 Å². The van der Waals surface area contributed by atoms with Crippen molar-refractivity contribution in [2.45, 2.75) is 6.04 Å². The topological polar surface area (TPSA) is 123 Å². The van der Waals surface area contributed by atoms with E-state index in [1.54, 1.807) is 25.4 Å². The average Bonchev–Trinajstić information content (AvgIpc) is 2.78. The van der Waals surface area contributed by atoms with Gasteiger partial charge in [-0.1, -0.05) is 17.7 Å². The molecule has 1 aromatic carbocycles. The number of anilines is 1. The molecule has 0 aliphatic carbocycles. The lowest BCUT2D eigenvalue weighted by Crippen LogP contribution is -2.31. The van der Waals surface area contributed by atoms with Gasteiger partial charge in [0, 0.05) is 30.9 Å². The van der Waals surface area contributed by atoms with Crippen molar-refractivity contribution in [1.82, 2.24) is 20.6 Å². The van der Waals surface area contributed by atoms with Crippen LogP contribution in [-0.4, -0.2) is 40.9 Å². The fourth-order valence-electron chi connectivity index (χ4n) is 2.82. The van der Waals surface area contributed by atoms with Crippen LogP contribution in [0.3, 0.4) is 0 Å². The zero-order valence-corrected chi connectivity index (χ0v) is 17.2. The molecule has 3 rings (SSSR count). The quantitative estimate of drug-likeness (QED) is 0.342. The van der Waals surface area contributed by atoms with Gasteiger partial charge in [-0.3, -0.25) is 4.79 Å². The summed E-state index contributed by atoms with van der Waals surface area (Å²) in [5.41, 5.74) is 1.03. The van der Waals surface area contributed by atoms with Gasteiger partial charge in [0.1, 0.15) is 23.1 Å². The highest BCUT2D eigenvalue weighted by Crippen LogP contribution is 2.21. The summed E-state index contributed by atoms with van der Waals surface area (Å²) in [6.45, 7) is -0.426. The molecule has 0 aliphatic rings. The van der Waals surface area contributed by atoms with Gasteiger partial charge in [0.25, 0.3) is 5.91 Å². The van der Waals surface area contributed by atoms with Gasteiger partial charge in [-0.15, -0.1) is 0 Å². The lowest BCUT2D eigenvalue weighted by atomic mass is 10.1. The van der Waals surface area contributed by atoms with Crippen LogP contribution < -0.4 is 16.0 Å². The summed E-state index contributed by atoms with van der Waals surface area (Å²) >= 11 is 5.69. The van der Waals surface area contributed by atoms with Gasteiger partial charge in [-0.05, 0) is 35.9 Å². The lowest BCUT2D eigenvalue weighted by Gasteiger charge is -2.17. The molecule has 2 heterocycles. The minimum Gasteiger partial charge on any atom is -0.394 e. The predicted octanol–water partition coefficient (Wildman–Crippen LogP) is 3.01. The Kier molecular flexibility index (Phi) is 7.11. The first-order valence-corrected chi connectivity index (χ1v) is 9.62. The first-order valence-electron chi connectivity index (χ1n) is 9.24. The molecule has 0 radical (unpaired) electrons. The summed E-state index contributed by atoms with van der Waals surface area (Å²) in [5, 5.41) is 26.1. The van der Waals surface area contributed by atoms with E-state index >= 15 is 0 Å². The summed E-state index contributed by atoms with van der Waals surface area (Å²) in [7, 11) is 1.70. The Labute approximate surface area is 182 Å². The second-order valence-corrected chi connectivity index (χ2v) is 6.87. The van der Waals surface area contributed by atoms with E-state index in [1.807, 2.05) is 0 Å². The number of nitrogens with zero attached hydrogens (tertiary/aromatic N) is 2. The molecular formula is C21H20ClFN6O2. The summed E-state index contributed by atoms with van der Waals surface area (Å²) in [5.74, 6) is -0.120. The molecule has 10 heteroatoms. The number of aromatic nitrogens is 2. The summed E-state index contributed by atoms with van der Waals surface area (Å²) < 4.78 is 13.7. The number of carbonyl (C=O) groups excluding carboxylic acids is 1. The summed E-state index contributed by atoms with van der Waals surface area (Å²) in [6.07, 6.45) is 4.26. The number of allylic oxidation sites excluding steroid dienone is 1. The third-order valence-corrected chi connectivity index (χ3v) is 4.73. The minimum atomic E-state index is -0.823. The first kappa shape index (κ1) is 22.1. The number of amides is 1. The molecule has 0 saturated carbocycles. The molecule has 5 N–H and O–H groups in total. The Bertz CT molecular complexity index is 1150. The minimum absolute atomic E-state index is 0.0436. The molecule has 0 spiro atoms. The van der Waals surface area contributed by atoms with E-state index in [2.05, 4.69) is 25.9 Å². The van der Waals surface area contributed by atoms with Gasteiger partial charge in [0.15, 0.2) is 0 Å². The average molecular weight is 443 g/mol. The van der Waals surface area contributed by atoms with Crippen LogP contribution in [-0.2, 0) is 0 Å². The zero-order valence-electron chi connectivity index (χ0n) is 16.5.